The molecule has 0 aliphatic heterocycles. The van der Waals surface area contributed by atoms with Crippen LogP contribution in [0.1, 0.15) is 34.8 Å². The van der Waals surface area contributed by atoms with Crippen molar-refractivity contribution in [3.63, 3.8) is 0 Å². The highest BCUT2D eigenvalue weighted by atomic mass is 32.1. The zero-order chi connectivity index (χ0) is 19.8. The highest BCUT2D eigenvalue weighted by molar-refractivity contribution is 7.16. The molecule has 2 rings (SSSR count). The lowest BCUT2D eigenvalue weighted by Crippen LogP contribution is -2.24. The Morgan fingerprint density at radius 3 is 2.59 bits per heavy atom. The number of anilines is 1. The third-order valence-corrected chi connectivity index (χ3v) is 4.38. The SMILES string of the molecule is CCOC(=O)c1cc(CC)sc1NC(=O)COC(=O)COc1cc(C)on1. The number of nitrogens with zero attached hydrogens (tertiary/aromatic N) is 1. The van der Waals surface area contributed by atoms with Crippen molar-refractivity contribution in [3.05, 3.63) is 28.3 Å². The fourth-order valence-corrected chi connectivity index (χ4v) is 2.96. The Morgan fingerprint density at radius 2 is 1.96 bits per heavy atom. The summed E-state index contributed by atoms with van der Waals surface area (Å²) in [6, 6.07) is 3.19. The molecule has 2 heterocycles. The van der Waals surface area contributed by atoms with Crippen LogP contribution < -0.4 is 10.1 Å². The predicted octanol–water partition coefficient (Wildman–Crippen LogP) is 2.34. The van der Waals surface area contributed by atoms with Gasteiger partial charge >= 0.3 is 11.9 Å². The number of aromatic nitrogens is 1. The molecular formula is C17H20N2O7S. The summed E-state index contributed by atoms with van der Waals surface area (Å²) in [5, 5.41) is 6.50. The fraction of sp³-hybridized carbons (Fsp3) is 0.412. The van der Waals surface area contributed by atoms with E-state index in [0.29, 0.717) is 17.2 Å². The first-order chi connectivity index (χ1) is 12.9. The molecule has 0 spiro atoms. The lowest BCUT2D eigenvalue weighted by atomic mass is 10.2. The van der Waals surface area contributed by atoms with Gasteiger partial charge in [0.25, 0.3) is 11.8 Å². The molecule has 146 valence electrons. The quantitative estimate of drug-likeness (QED) is 0.642. The van der Waals surface area contributed by atoms with Crippen LogP contribution in [0.2, 0.25) is 0 Å². The Morgan fingerprint density at radius 1 is 1.19 bits per heavy atom. The van der Waals surface area contributed by atoms with E-state index in [-0.39, 0.29) is 18.1 Å². The highest BCUT2D eigenvalue weighted by Crippen LogP contribution is 2.29. The number of carbonyl (C=O) groups excluding carboxylic acids is 3. The number of ether oxygens (including phenoxy) is 3. The Balaban J connectivity index is 1.85. The van der Waals surface area contributed by atoms with Crippen LogP contribution in [0.3, 0.4) is 0 Å². The second-order valence-electron chi connectivity index (χ2n) is 5.30. The van der Waals surface area contributed by atoms with Crippen molar-refractivity contribution in [3.8, 4) is 5.88 Å². The van der Waals surface area contributed by atoms with Crippen molar-refractivity contribution in [1.29, 1.82) is 0 Å². The van der Waals surface area contributed by atoms with Gasteiger partial charge in [-0.05, 0) is 31.5 Å². The number of rotatable bonds is 9. The Hall–Kier alpha value is -2.88. The maximum Gasteiger partial charge on any atom is 0.344 e. The van der Waals surface area contributed by atoms with Crippen LogP contribution in [0, 0.1) is 6.92 Å². The maximum absolute atomic E-state index is 12.0. The van der Waals surface area contributed by atoms with Crippen molar-refractivity contribution in [2.45, 2.75) is 27.2 Å². The summed E-state index contributed by atoms with van der Waals surface area (Å²) < 4.78 is 19.7. The monoisotopic (exact) mass is 396 g/mol. The van der Waals surface area contributed by atoms with Crippen molar-refractivity contribution in [2.75, 3.05) is 25.1 Å². The molecule has 0 radical (unpaired) electrons. The lowest BCUT2D eigenvalue weighted by Gasteiger charge is -2.07. The van der Waals surface area contributed by atoms with E-state index >= 15 is 0 Å². The predicted molar refractivity (Wildman–Crippen MR) is 96.0 cm³/mol. The van der Waals surface area contributed by atoms with Crippen LogP contribution in [0.15, 0.2) is 16.7 Å². The van der Waals surface area contributed by atoms with Gasteiger partial charge in [-0.2, -0.15) is 0 Å². The third-order valence-electron chi connectivity index (χ3n) is 3.19. The number of amides is 1. The summed E-state index contributed by atoms with van der Waals surface area (Å²) in [5.74, 6) is -1.14. The molecule has 0 aliphatic carbocycles. The van der Waals surface area contributed by atoms with Crippen molar-refractivity contribution in [2.24, 2.45) is 0 Å². The van der Waals surface area contributed by atoms with E-state index in [1.807, 2.05) is 6.92 Å². The average molecular weight is 396 g/mol. The molecule has 0 aromatic carbocycles. The molecule has 1 N–H and O–H groups in total. The number of hydrogen-bond donors (Lipinski definition) is 1. The van der Waals surface area contributed by atoms with Gasteiger partial charge in [0.15, 0.2) is 13.2 Å². The van der Waals surface area contributed by atoms with Crippen LogP contribution in [0.5, 0.6) is 5.88 Å². The molecule has 1 amide bonds. The standard InChI is InChI=1S/C17H20N2O7S/c1-4-11-7-12(17(22)23-5-2)16(27-11)18-13(20)8-25-15(21)9-24-14-6-10(3)26-19-14/h6-7H,4-5,8-9H2,1-3H3,(H,18,20). The van der Waals surface area contributed by atoms with E-state index in [9.17, 15) is 14.4 Å². The van der Waals surface area contributed by atoms with Crippen LogP contribution >= 0.6 is 11.3 Å². The Labute approximate surface area is 159 Å². The topological polar surface area (TPSA) is 117 Å². The number of carbonyl (C=O) groups is 3. The zero-order valence-corrected chi connectivity index (χ0v) is 16.0. The number of nitrogens with one attached hydrogen (secondary N) is 1. The number of thiophene rings is 1. The molecule has 9 nitrogen and oxygen atoms in total. The number of esters is 2. The second-order valence-corrected chi connectivity index (χ2v) is 6.44. The minimum absolute atomic E-state index is 0.152. The third kappa shape index (κ3) is 6.10. The smallest absolute Gasteiger partial charge is 0.344 e. The molecule has 0 saturated heterocycles. The molecule has 0 atom stereocenters. The van der Waals surface area contributed by atoms with Gasteiger partial charge in [0.1, 0.15) is 10.8 Å². The molecule has 2 aromatic heterocycles. The summed E-state index contributed by atoms with van der Waals surface area (Å²) >= 11 is 1.27. The normalized spacial score (nSPS) is 10.3. The molecule has 0 aliphatic rings. The van der Waals surface area contributed by atoms with Gasteiger partial charge in [-0.15, -0.1) is 11.3 Å². The first-order valence-corrected chi connectivity index (χ1v) is 9.06. The van der Waals surface area contributed by atoms with Gasteiger partial charge in [-0.1, -0.05) is 6.92 Å². The number of aryl methyl sites for hydroxylation is 2. The molecule has 0 saturated carbocycles. The van der Waals surface area contributed by atoms with E-state index in [1.165, 1.54) is 17.4 Å². The highest BCUT2D eigenvalue weighted by Gasteiger charge is 2.19. The summed E-state index contributed by atoms with van der Waals surface area (Å²) in [5.41, 5.74) is 0.281. The van der Waals surface area contributed by atoms with E-state index in [0.717, 1.165) is 4.88 Å². The van der Waals surface area contributed by atoms with Crippen molar-refractivity contribution < 1.29 is 33.1 Å². The summed E-state index contributed by atoms with van der Waals surface area (Å²) in [7, 11) is 0. The molecule has 10 heteroatoms. The van der Waals surface area contributed by atoms with E-state index in [4.69, 9.17) is 18.7 Å². The van der Waals surface area contributed by atoms with E-state index in [2.05, 4.69) is 10.5 Å². The van der Waals surface area contributed by atoms with E-state index in [1.54, 1.807) is 19.9 Å². The minimum Gasteiger partial charge on any atom is -0.463 e. The summed E-state index contributed by atoms with van der Waals surface area (Å²) in [6.07, 6.45) is 0.709. The summed E-state index contributed by atoms with van der Waals surface area (Å²) in [4.78, 5) is 36.6. The van der Waals surface area contributed by atoms with Gasteiger partial charge in [0.05, 0.1) is 12.2 Å². The first kappa shape index (κ1) is 20.4. The number of hydrogen-bond acceptors (Lipinski definition) is 9. The van der Waals surface area contributed by atoms with Gasteiger partial charge in [-0.25, -0.2) is 9.59 Å². The maximum atomic E-state index is 12.0. The van der Waals surface area contributed by atoms with Gasteiger partial charge in [-0.3, -0.25) is 4.79 Å². The first-order valence-electron chi connectivity index (χ1n) is 8.24. The largest absolute Gasteiger partial charge is 0.463 e. The van der Waals surface area contributed by atoms with Crippen LogP contribution in [-0.2, 0) is 25.5 Å². The van der Waals surface area contributed by atoms with Crippen molar-refractivity contribution in [1.82, 2.24) is 5.16 Å². The van der Waals surface area contributed by atoms with Crippen LogP contribution in [-0.4, -0.2) is 42.8 Å². The van der Waals surface area contributed by atoms with E-state index < -0.39 is 31.1 Å². The molecular weight excluding hydrogens is 376 g/mol. The molecule has 2 aromatic rings. The Bertz CT molecular complexity index is 812. The average Bonchev–Trinajstić information content (AvgIpc) is 3.24. The van der Waals surface area contributed by atoms with Crippen LogP contribution in [0.4, 0.5) is 5.00 Å². The minimum atomic E-state index is -0.739. The van der Waals surface area contributed by atoms with Gasteiger partial charge in [0, 0.05) is 10.9 Å². The molecule has 0 unspecified atom stereocenters. The van der Waals surface area contributed by atoms with Gasteiger partial charge in [0.2, 0.25) is 0 Å². The van der Waals surface area contributed by atoms with Crippen LogP contribution in [0.25, 0.3) is 0 Å². The van der Waals surface area contributed by atoms with Gasteiger partial charge < -0.3 is 24.1 Å². The summed E-state index contributed by atoms with van der Waals surface area (Å²) in [6.45, 7) is 4.62. The molecule has 0 fully saturated rings. The lowest BCUT2D eigenvalue weighted by molar-refractivity contribution is -0.149. The second kappa shape index (κ2) is 9.72. The zero-order valence-electron chi connectivity index (χ0n) is 15.2. The molecule has 0 bridgehead atoms. The van der Waals surface area contributed by atoms with Crippen molar-refractivity contribution >= 4 is 34.2 Å². The Kier molecular flexibility index (Phi) is 7.35. The fourth-order valence-electron chi connectivity index (χ4n) is 1.96. The molecule has 27 heavy (non-hydrogen) atoms.